The summed E-state index contributed by atoms with van der Waals surface area (Å²) in [7, 11) is 0. The molecular formula is C75H128O2. The lowest BCUT2D eigenvalue weighted by atomic mass is 9.56. The second-order valence-electron chi connectivity index (χ2n) is 32.2. The average molecular weight is 1060 g/mol. The number of esters is 1. The van der Waals surface area contributed by atoms with Gasteiger partial charge in [-0.2, -0.15) is 0 Å². The van der Waals surface area contributed by atoms with Crippen LogP contribution < -0.4 is 0 Å². The molecule has 8 rings (SSSR count). The molecule has 0 atom stereocenters. The quantitative estimate of drug-likeness (QED) is 0.230. The van der Waals surface area contributed by atoms with E-state index in [4.69, 9.17) is 4.74 Å². The fraction of sp³-hybridized carbons (Fsp3) is 0.747. The van der Waals surface area contributed by atoms with Gasteiger partial charge in [-0.05, 0) is 199 Å². The van der Waals surface area contributed by atoms with Crippen molar-refractivity contribution in [1.29, 1.82) is 0 Å². The van der Waals surface area contributed by atoms with Crippen LogP contribution in [0, 0.1) is 50.7 Å². The van der Waals surface area contributed by atoms with Gasteiger partial charge in [-0.3, -0.25) is 0 Å². The number of carbonyl (C=O) groups excluding carboxylic acids is 1. The molecule has 4 aliphatic carbocycles. The Labute approximate surface area is 481 Å². The number of hydrogen-bond acceptors (Lipinski definition) is 2. The Bertz CT molecular complexity index is 1980. The largest absolute Gasteiger partial charge is 0.451 e. The summed E-state index contributed by atoms with van der Waals surface area (Å²) in [5, 5.41) is 0. The highest BCUT2D eigenvalue weighted by atomic mass is 16.6. The highest BCUT2D eigenvalue weighted by Crippen LogP contribution is 2.56. The molecule has 0 unspecified atom stereocenters. The van der Waals surface area contributed by atoms with Gasteiger partial charge in [0.05, 0.1) is 5.56 Å². The second-order valence-corrected chi connectivity index (χ2v) is 32.2. The molecule has 4 fully saturated rings. The lowest BCUT2D eigenvalue weighted by Gasteiger charge is -2.49. The van der Waals surface area contributed by atoms with Gasteiger partial charge in [0.2, 0.25) is 0 Å². The smallest absolute Gasteiger partial charge is 0.339 e. The highest BCUT2D eigenvalue weighted by molar-refractivity contribution is 5.94. The molecule has 440 valence electrons. The molecule has 1 aliphatic heterocycles. The van der Waals surface area contributed by atoms with E-state index in [1.807, 2.05) is 32.0 Å². The van der Waals surface area contributed by atoms with Crippen molar-refractivity contribution in [3.63, 3.8) is 0 Å². The van der Waals surface area contributed by atoms with Gasteiger partial charge >= 0.3 is 5.97 Å². The Morgan fingerprint density at radius 3 is 1.05 bits per heavy atom. The molecule has 1 spiro atoms. The molecule has 3 aromatic carbocycles. The van der Waals surface area contributed by atoms with Crippen LogP contribution >= 0.6 is 0 Å². The predicted molar refractivity (Wildman–Crippen MR) is 343 cm³/mol. The van der Waals surface area contributed by atoms with Crippen molar-refractivity contribution in [2.45, 2.75) is 311 Å². The van der Waals surface area contributed by atoms with E-state index in [1.54, 1.807) is 31.7 Å². The van der Waals surface area contributed by atoms with Gasteiger partial charge in [0.25, 0.3) is 0 Å². The minimum atomic E-state index is -0.451. The molecule has 77 heavy (non-hydrogen) atoms. The van der Waals surface area contributed by atoms with Crippen molar-refractivity contribution in [1.82, 2.24) is 0 Å². The molecule has 2 heteroatoms. The summed E-state index contributed by atoms with van der Waals surface area (Å²) in [6.45, 7) is 59.2. The zero-order valence-electron chi connectivity index (χ0n) is 56.0. The second kappa shape index (κ2) is 29.7. The molecule has 0 bridgehead atoms. The standard InChI is InChI=1S/C19H36.C14H22.C12H18.C10H10O2.C7H12.C7H16.C6H14/c1-17(2)11-7-15(8-12-17)19(5,6)16-9-13-18(3,4)14-10-16;1-13(2,3)11-7-9-12(10-8-11)14(4,5)6;1-9(2)11-5-7-12(8-6-11)10(3)4;1-10(2)8-6-4-3-5-7(8)9(11)12-10;1-3-7(4-1)5-2-6-7;1-5-6-7(2,3)4;1-5(2)6(3)4/h15-16H,7-14H2,1-6H3;7-10H,1-6H3;5-10H,1-4H3;3-6H,1-2H3;1-6H2;5-6H2,1-4H3;5-6H,1-4H3. The third-order valence-electron chi connectivity index (χ3n) is 19.0. The summed E-state index contributed by atoms with van der Waals surface area (Å²) in [5.74, 6) is 4.74. The van der Waals surface area contributed by atoms with E-state index in [-0.39, 0.29) is 16.8 Å². The van der Waals surface area contributed by atoms with E-state index in [0.717, 1.165) is 34.7 Å². The van der Waals surface area contributed by atoms with Crippen molar-refractivity contribution in [3.05, 3.63) is 106 Å². The maximum atomic E-state index is 11.3. The maximum absolute atomic E-state index is 11.3. The van der Waals surface area contributed by atoms with Crippen LogP contribution in [0.3, 0.4) is 0 Å². The molecule has 2 nitrogen and oxygen atoms in total. The molecule has 3 aromatic rings. The number of fused-ring (bicyclic) bond motifs is 1. The Kier molecular flexibility index (Phi) is 27.1. The van der Waals surface area contributed by atoms with Crippen molar-refractivity contribution < 1.29 is 9.53 Å². The van der Waals surface area contributed by atoms with E-state index in [9.17, 15) is 4.79 Å². The van der Waals surface area contributed by atoms with Crippen molar-refractivity contribution >= 4 is 5.97 Å². The maximum Gasteiger partial charge on any atom is 0.339 e. The average Bonchev–Trinajstić information content (AvgIpc) is 3.52. The Balaban J connectivity index is 0.000000318. The molecule has 0 saturated heterocycles. The van der Waals surface area contributed by atoms with Crippen LogP contribution in [0.25, 0.3) is 0 Å². The molecule has 5 aliphatic rings. The minimum absolute atomic E-state index is 0.212. The lowest BCUT2D eigenvalue weighted by molar-refractivity contribution is 0.00949. The number of cyclic esters (lactones) is 1. The minimum Gasteiger partial charge on any atom is -0.451 e. The number of rotatable bonds is 6. The first-order valence-corrected chi connectivity index (χ1v) is 31.7. The van der Waals surface area contributed by atoms with Gasteiger partial charge < -0.3 is 4.74 Å². The first kappa shape index (κ1) is 70.2. The van der Waals surface area contributed by atoms with Crippen LogP contribution in [0.15, 0.2) is 72.8 Å². The first-order valence-electron chi connectivity index (χ1n) is 31.7. The summed E-state index contributed by atoms with van der Waals surface area (Å²) >= 11 is 0. The number of hydrogen-bond donors (Lipinski definition) is 0. The van der Waals surface area contributed by atoms with Gasteiger partial charge in [0.1, 0.15) is 5.60 Å². The third kappa shape index (κ3) is 24.4. The number of carbonyl (C=O) groups is 1. The van der Waals surface area contributed by atoms with E-state index in [0.29, 0.717) is 39.1 Å². The fourth-order valence-electron chi connectivity index (χ4n) is 11.5. The Morgan fingerprint density at radius 2 is 0.831 bits per heavy atom. The summed E-state index contributed by atoms with van der Waals surface area (Å²) in [6, 6.07) is 25.4. The van der Waals surface area contributed by atoms with Crippen LogP contribution in [0.5, 0.6) is 0 Å². The predicted octanol–water partition coefficient (Wildman–Crippen LogP) is 24.2. The summed E-state index contributed by atoms with van der Waals surface area (Å²) in [6.07, 6.45) is 23.6. The zero-order chi connectivity index (χ0) is 59.0. The van der Waals surface area contributed by atoms with Gasteiger partial charge in [0.15, 0.2) is 0 Å². The highest BCUT2D eigenvalue weighted by Gasteiger charge is 2.43. The molecule has 0 radical (unpaired) electrons. The van der Waals surface area contributed by atoms with Crippen LogP contribution in [0.1, 0.15) is 333 Å². The Morgan fingerprint density at radius 1 is 0.494 bits per heavy atom. The molecule has 0 N–H and O–H groups in total. The van der Waals surface area contributed by atoms with E-state index < -0.39 is 5.60 Å². The number of ether oxygens (including phenoxy) is 1. The van der Waals surface area contributed by atoms with Crippen molar-refractivity contribution in [3.8, 4) is 0 Å². The monoisotopic (exact) mass is 1060 g/mol. The van der Waals surface area contributed by atoms with Crippen molar-refractivity contribution in [2.75, 3.05) is 0 Å². The van der Waals surface area contributed by atoms with Gasteiger partial charge in [-0.1, -0.05) is 252 Å². The summed E-state index contributed by atoms with van der Waals surface area (Å²) < 4.78 is 5.18. The first-order chi connectivity index (χ1) is 35.2. The van der Waals surface area contributed by atoms with E-state index >= 15 is 0 Å². The van der Waals surface area contributed by atoms with E-state index in [2.05, 4.69) is 215 Å². The van der Waals surface area contributed by atoms with Crippen molar-refractivity contribution in [2.24, 2.45) is 50.7 Å². The number of benzene rings is 3. The van der Waals surface area contributed by atoms with Crippen LogP contribution in [0.4, 0.5) is 0 Å². The SMILES string of the molecule is C1CC2(C1)CCC2.CC(C)(C)c1ccc(C(C)(C)C)cc1.CC(C)C(C)C.CC(C)c1ccc(C(C)C)cc1.CC1(C)CCC(C(C)(C)C2CCC(C)(C)CC2)CC1.CC1(C)OC(=O)c2ccccc21.CCCC(C)(C)C. The summed E-state index contributed by atoms with van der Waals surface area (Å²) in [4.78, 5) is 11.3. The van der Waals surface area contributed by atoms with Gasteiger partial charge in [-0.25, -0.2) is 4.79 Å². The van der Waals surface area contributed by atoms with Crippen LogP contribution in [-0.2, 0) is 21.2 Å². The fourth-order valence-corrected chi connectivity index (χ4v) is 11.5. The third-order valence-corrected chi connectivity index (χ3v) is 19.0. The Hall–Kier alpha value is -2.87. The summed E-state index contributed by atoms with van der Waals surface area (Å²) in [5.41, 5.74) is 10.7. The lowest BCUT2D eigenvalue weighted by Crippen LogP contribution is -2.39. The molecular weight excluding hydrogens is 933 g/mol. The van der Waals surface area contributed by atoms with E-state index in [1.165, 1.54) is 99.3 Å². The molecule has 0 amide bonds. The topological polar surface area (TPSA) is 26.3 Å². The normalized spacial score (nSPS) is 19.3. The van der Waals surface area contributed by atoms with Crippen LogP contribution in [0.2, 0.25) is 0 Å². The van der Waals surface area contributed by atoms with Gasteiger partial charge in [0, 0.05) is 5.56 Å². The molecule has 4 saturated carbocycles. The molecule has 1 heterocycles. The molecule has 0 aromatic heterocycles. The zero-order valence-corrected chi connectivity index (χ0v) is 56.0. The van der Waals surface area contributed by atoms with Crippen LogP contribution in [-0.4, -0.2) is 5.97 Å². The van der Waals surface area contributed by atoms with Gasteiger partial charge in [-0.15, -0.1) is 0 Å².